The van der Waals surface area contributed by atoms with Crippen LogP contribution >= 0.6 is 11.8 Å². The summed E-state index contributed by atoms with van der Waals surface area (Å²) in [4.78, 5) is 2.58. The second kappa shape index (κ2) is 5.88. The van der Waals surface area contributed by atoms with Crippen molar-refractivity contribution < 1.29 is 4.58 Å². The molecule has 112 valence electrons. The average Bonchev–Trinajstić information content (AvgIpc) is 3.00. The van der Waals surface area contributed by atoms with Crippen molar-refractivity contribution in [3.05, 3.63) is 42.1 Å². The van der Waals surface area contributed by atoms with E-state index in [1.165, 1.54) is 42.4 Å². The zero-order chi connectivity index (χ0) is 14.9. The van der Waals surface area contributed by atoms with Gasteiger partial charge in [-0.05, 0) is 19.1 Å². The second-order valence-corrected chi connectivity index (χ2v) is 7.36. The maximum Gasteiger partial charge on any atom is 0.242 e. The molecule has 0 saturated carbocycles. The number of hydrogen-bond acceptors (Lipinski definition) is 2. The van der Waals surface area contributed by atoms with Gasteiger partial charge in [0.1, 0.15) is 0 Å². The molecule has 0 bridgehead atoms. The van der Waals surface area contributed by atoms with E-state index in [1.807, 2.05) is 11.8 Å². The first-order chi connectivity index (χ1) is 10.1. The van der Waals surface area contributed by atoms with Crippen LogP contribution < -0.4 is 0 Å². The summed E-state index contributed by atoms with van der Waals surface area (Å²) in [6, 6.07) is 10.8. The van der Waals surface area contributed by atoms with Gasteiger partial charge in [-0.1, -0.05) is 30.0 Å². The molecular weight excluding hydrogens is 276 g/mol. The monoisotopic (exact) mass is 301 g/mol. The fraction of sp³-hybridized carbons (Fsp3) is 0.500. The molecule has 0 radical (unpaired) electrons. The lowest BCUT2D eigenvalue weighted by Gasteiger charge is -2.32. The predicted octanol–water partition coefficient (Wildman–Crippen LogP) is 4.25. The van der Waals surface area contributed by atoms with Crippen LogP contribution in [0.25, 0.3) is 0 Å². The highest BCUT2D eigenvalue weighted by atomic mass is 32.2. The summed E-state index contributed by atoms with van der Waals surface area (Å²) in [5, 5.41) is 1.36. The third-order valence-corrected chi connectivity index (χ3v) is 5.18. The molecule has 2 aliphatic rings. The topological polar surface area (TPSA) is 6.25 Å². The van der Waals surface area contributed by atoms with Crippen molar-refractivity contribution >= 4 is 22.5 Å². The minimum absolute atomic E-state index is 0.117. The number of benzene rings is 1. The van der Waals surface area contributed by atoms with Gasteiger partial charge in [-0.3, -0.25) is 0 Å². The molecule has 0 spiro atoms. The summed E-state index contributed by atoms with van der Waals surface area (Å²) >= 11 is 1.85. The highest BCUT2D eigenvalue weighted by Crippen LogP contribution is 2.35. The van der Waals surface area contributed by atoms with Crippen LogP contribution in [-0.4, -0.2) is 39.4 Å². The molecule has 2 nitrogen and oxygen atoms in total. The van der Waals surface area contributed by atoms with Gasteiger partial charge in [0.2, 0.25) is 10.7 Å². The fourth-order valence-electron chi connectivity index (χ4n) is 3.49. The highest BCUT2D eigenvalue weighted by Gasteiger charge is 2.40. The smallest absolute Gasteiger partial charge is 0.242 e. The SMILES string of the molecule is CSC1=[N+](c2ccccc2)C(C)(C)CC(N2CCCC2)=C1. The Hall–Kier alpha value is -1.22. The van der Waals surface area contributed by atoms with Crippen molar-refractivity contribution in [1.82, 2.24) is 4.90 Å². The van der Waals surface area contributed by atoms with Gasteiger partial charge >= 0.3 is 0 Å². The quantitative estimate of drug-likeness (QED) is 0.753. The number of rotatable bonds is 2. The molecule has 0 N–H and O–H groups in total. The first-order valence-electron chi connectivity index (χ1n) is 7.83. The van der Waals surface area contributed by atoms with Crippen LogP contribution in [0.3, 0.4) is 0 Å². The maximum absolute atomic E-state index is 2.58. The first kappa shape index (κ1) is 14.7. The van der Waals surface area contributed by atoms with Crippen LogP contribution in [0, 0.1) is 0 Å². The van der Waals surface area contributed by atoms with E-state index >= 15 is 0 Å². The van der Waals surface area contributed by atoms with Crippen LogP contribution in [0.5, 0.6) is 0 Å². The largest absolute Gasteiger partial charge is 0.374 e. The molecule has 1 aromatic carbocycles. The molecule has 1 saturated heterocycles. The van der Waals surface area contributed by atoms with E-state index in [2.05, 4.69) is 66.0 Å². The number of likely N-dealkylation sites (tertiary alicyclic amines) is 1. The number of para-hydroxylation sites is 1. The zero-order valence-electron chi connectivity index (χ0n) is 13.3. The van der Waals surface area contributed by atoms with E-state index < -0.39 is 0 Å². The van der Waals surface area contributed by atoms with Crippen molar-refractivity contribution in [3.63, 3.8) is 0 Å². The molecule has 2 aliphatic heterocycles. The molecule has 3 heteroatoms. The van der Waals surface area contributed by atoms with Gasteiger partial charge in [-0.15, -0.1) is 0 Å². The van der Waals surface area contributed by atoms with E-state index in [-0.39, 0.29) is 5.54 Å². The lowest BCUT2D eigenvalue weighted by Crippen LogP contribution is -2.42. The molecule has 0 amide bonds. The third kappa shape index (κ3) is 2.89. The Balaban J connectivity index is 2.05. The number of nitrogens with zero attached hydrogens (tertiary/aromatic N) is 2. The Kier molecular flexibility index (Phi) is 4.12. The summed E-state index contributed by atoms with van der Waals surface area (Å²) in [7, 11) is 0. The van der Waals surface area contributed by atoms with E-state index in [4.69, 9.17) is 0 Å². The van der Waals surface area contributed by atoms with Crippen molar-refractivity contribution in [2.24, 2.45) is 0 Å². The maximum atomic E-state index is 2.58. The minimum Gasteiger partial charge on any atom is -0.374 e. The van der Waals surface area contributed by atoms with Gasteiger partial charge in [0.15, 0.2) is 5.54 Å². The summed E-state index contributed by atoms with van der Waals surface area (Å²) < 4.78 is 2.50. The van der Waals surface area contributed by atoms with Crippen molar-refractivity contribution in [2.45, 2.75) is 38.6 Å². The molecule has 1 fully saturated rings. The van der Waals surface area contributed by atoms with Gasteiger partial charge in [-0.2, -0.15) is 4.58 Å². The standard InChI is InChI=1S/C18H25N2S/c1-18(2)14-16(19-11-7-8-12-19)13-17(21-3)20(18)15-9-5-4-6-10-15/h4-6,9-10,13H,7-8,11-12,14H2,1-3H3/q+1. The summed E-state index contributed by atoms with van der Waals surface area (Å²) in [5.74, 6) is 0. The molecule has 0 unspecified atom stereocenters. The first-order valence-corrected chi connectivity index (χ1v) is 9.06. The number of thioether (sulfide) groups is 1. The van der Waals surface area contributed by atoms with Gasteiger partial charge < -0.3 is 4.90 Å². The van der Waals surface area contributed by atoms with Gasteiger partial charge in [0, 0.05) is 50.8 Å². The molecule has 0 aliphatic carbocycles. The van der Waals surface area contributed by atoms with E-state index in [1.54, 1.807) is 0 Å². The van der Waals surface area contributed by atoms with Crippen LogP contribution in [0.2, 0.25) is 0 Å². The van der Waals surface area contributed by atoms with E-state index in [0.29, 0.717) is 0 Å². The lowest BCUT2D eigenvalue weighted by molar-refractivity contribution is -0.523. The van der Waals surface area contributed by atoms with Crippen LogP contribution in [0.15, 0.2) is 42.1 Å². The zero-order valence-corrected chi connectivity index (χ0v) is 14.1. The van der Waals surface area contributed by atoms with Gasteiger partial charge in [-0.25, -0.2) is 0 Å². The van der Waals surface area contributed by atoms with Gasteiger partial charge in [0.05, 0.1) is 6.42 Å². The Labute approximate surface area is 132 Å². The predicted molar refractivity (Wildman–Crippen MR) is 92.5 cm³/mol. The summed E-state index contributed by atoms with van der Waals surface area (Å²) in [5.41, 5.74) is 2.93. The van der Waals surface area contributed by atoms with E-state index in [9.17, 15) is 0 Å². The Bertz CT molecular complexity index is 566. The highest BCUT2D eigenvalue weighted by molar-refractivity contribution is 8.13. The summed E-state index contributed by atoms with van der Waals surface area (Å²) in [6.07, 6.45) is 8.40. The Morgan fingerprint density at radius 1 is 1.10 bits per heavy atom. The summed E-state index contributed by atoms with van der Waals surface area (Å²) in [6.45, 7) is 7.18. The lowest BCUT2D eigenvalue weighted by atomic mass is 9.93. The van der Waals surface area contributed by atoms with Crippen molar-refractivity contribution in [3.8, 4) is 0 Å². The van der Waals surface area contributed by atoms with Crippen LogP contribution in [-0.2, 0) is 0 Å². The molecule has 0 aromatic heterocycles. The average molecular weight is 301 g/mol. The van der Waals surface area contributed by atoms with E-state index in [0.717, 1.165) is 6.42 Å². The molecule has 3 rings (SSSR count). The second-order valence-electron chi connectivity index (χ2n) is 6.53. The fourth-order valence-corrected chi connectivity index (χ4v) is 4.28. The molecule has 2 heterocycles. The number of hydrogen-bond donors (Lipinski definition) is 0. The Morgan fingerprint density at radius 3 is 2.38 bits per heavy atom. The molecule has 0 atom stereocenters. The van der Waals surface area contributed by atoms with Gasteiger partial charge in [0.25, 0.3) is 0 Å². The van der Waals surface area contributed by atoms with Crippen LogP contribution in [0.4, 0.5) is 5.69 Å². The van der Waals surface area contributed by atoms with Crippen molar-refractivity contribution in [1.29, 1.82) is 0 Å². The normalized spacial score (nSPS) is 21.7. The third-order valence-electron chi connectivity index (χ3n) is 4.47. The minimum atomic E-state index is 0.117. The molecule has 1 aromatic rings. The van der Waals surface area contributed by atoms with Crippen LogP contribution in [0.1, 0.15) is 33.1 Å². The van der Waals surface area contributed by atoms with Crippen molar-refractivity contribution in [2.75, 3.05) is 19.3 Å². The molecule has 21 heavy (non-hydrogen) atoms. The molecular formula is C18H25N2S+. The Morgan fingerprint density at radius 2 is 1.76 bits per heavy atom.